The van der Waals surface area contributed by atoms with Gasteiger partial charge in [0.1, 0.15) is 6.54 Å². The second kappa shape index (κ2) is 7.51. The maximum Gasteiger partial charge on any atom is 0.326 e. The number of para-hydroxylation sites is 1. The van der Waals surface area contributed by atoms with Crippen molar-refractivity contribution in [3.05, 3.63) is 29.3 Å². The number of rotatable bonds is 2. The highest BCUT2D eigenvalue weighted by atomic mass is 16.2. The number of benzene rings is 1. The van der Waals surface area contributed by atoms with E-state index >= 15 is 0 Å². The SMILES string of the molecule is C#CCN=C(NC(=O)Nc1c(C)cccc1C)N1CCCC1. The smallest absolute Gasteiger partial charge is 0.326 e. The van der Waals surface area contributed by atoms with Crippen molar-refractivity contribution in [3.63, 3.8) is 0 Å². The zero-order valence-corrected chi connectivity index (χ0v) is 13.1. The number of anilines is 1. The van der Waals surface area contributed by atoms with Gasteiger partial charge in [-0.2, -0.15) is 0 Å². The molecule has 0 aromatic heterocycles. The van der Waals surface area contributed by atoms with Gasteiger partial charge < -0.3 is 10.2 Å². The van der Waals surface area contributed by atoms with Gasteiger partial charge in [0.05, 0.1) is 0 Å². The van der Waals surface area contributed by atoms with E-state index in [0.29, 0.717) is 5.96 Å². The number of hydrogen-bond donors (Lipinski definition) is 2. The Morgan fingerprint density at radius 3 is 2.55 bits per heavy atom. The molecule has 0 aliphatic carbocycles. The minimum atomic E-state index is -0.292. The van der Waals surface area contributed by atoms with Crippen molar-refractivity contribution in [2.24, 2.45) is 4.99 Å². The van der Waals surface area contributed by atoms with E-state index in [9.17, 15) is 4.79 Å². The predicted octanol–water partition coefficient (Wildman–Crippen LogP) is 2.51. The summed E-state index contributed by atoms with van der Waals surface area (Å²) in [6.07, 6.45) is 7.48. The molecule has 0 atom stereocenters. The van der Waals surface area contributed by atoms with Gasteiger partial charge in [0, 0.05) is 18.8 Å². The molecule has 0 radical (unpaired) electrons. The second-order valence-electron chi connectivity index (χ2n) is 5.38. The maximum atomic E-state index is 12.3. The number of carbonyl (C=O) groups is 1. The van der Waals surface area contributed by atoms with Crippen LogP contribution in [0.2, 0.25) is 0 Å². The molecule has 5 nitrogen and oxygen atoms in total. The van der Waals surface area contributed by atoms with E-state index in [2.05, 4.69) is 26.4 Å². The molecule has 22 heavy (non-hydrogen) atoms. The van der Waals surface area contributed by atoms with Crippen LogP contribution in [0.25, 0.3) is 0 Å². The summed E-state index contributed by atoms with van der Waals surface area (Å²) in [5.74, 6) is 3.03. The quantitative estimate of drug-likeness (QED) is 0.501. The Morgan fingerprint density at radius 1 is 1.32 bits per heavy atom. The van der Waals surface area contributed by atoms with E-state index < -0.39 is 0 Å². The minimum Gasteiger partial charge on any atom is -0.343 e. The number of aliphatic imine (C=N–C) groups is 1. The van der Waals surface area contributed by atoms with Crippen LogP contribution in [0.3, 0.4) is 0 Å². The van der Waals surface area contributed by atoms with E-state index in [-0.39, 0.29) is 12.6 Å². The average molecular weight is 298 g/mol. The lowest BCUT2D eigenvalue weighted by molar-refractivity contribution is 0.255. The highest BCUT2D eigenvalue weighted by Gasteiger charge is 2.18. The van der Waals surface area contributed by atoms with Crippen LogP contribution in [0.1, 0.15) is 24.0 Å². The third-order valence-electron chi connectivity index (χ3n) is 3.67. The van der Waals surface area contributed by atoms with Crippen LogP contribution in [0.15, 0.2) is 23.2 Å². The molecule has 1 saturated heterocycles. The van der Waals surface area contributed by atoms with Crippen LogP contribution >= 0.6 is 0 Å². The van der Waals surface area contributed by atoms with Crippen molar-refractivity contribution < 1.29 is 4.79 Å². The summed E-state index contributed by atoms with van der Waals surface area (Å²) in [5.41, 5.74) is 2.88. The minimum absolute atomic E-state index is 0.259. The summed E-state index contributed by atoms with van der Waals surface area (Å²) < 4.78 is 0. The highest BCUT2D eigenvalue weighted by molar-refractivity contribution is 6.03. The van der Waals surface area contributed by atoms with Gasteiger partial charge >= 0.3 is 6.03 Å². The molecule has 2 rings (SSSR count). The van der Waals surface area contributed by atoms with Gasteiger partial charge in [0.25, 0.3) is 0 Å². The number of carbonyl (C=O) groups excluding carboxylic acids is 1. The number of hydrogen-bond acceptors (Lipinski definition) is 2. The molecule has 1 heterocycles. The standard InChI is InChI=1S/C17H22N4O/c1-4-10-18-16(21-11-5-6-12-21)20-17(22)19-15-13(2)8-7-9-14(15)3/h1,7-9H,5-6,10-12H2,2-3H3,(H2,18,19,20,22). The van der Waals surface area contributed by atoms with Crippen LogP contribution < -0.4 is 10.6 Å². The monoisotopic (exact) mass is 298 g/mol. The van der Waals surface area contributed by atoms with E-state index in [0.717, 1.165) is 42.7 Å². The molecule has 1 aliphatic rings. The summed E-state index contributed by atoms with van der Waals surface area (Å²) >= 11 is 0. The van der Waals surface area contributed by atoms with Crippen molar-refractivity contribution in [2.45, 2.75) is 26.7 Å². The number of likely N-dealkylation sites (tertiary alicyclic amines) is 1. The first-order valence-corrected chi connectivity index (χ1v) is 7.49. The van der Waals surface area contributed by atoms with Crippen LogP contribution in [-0.2, 0) is 0 Å². The fourth-order valence-corrected chi connectivity index (χ4v) is 2.53. The average Bonchev–Trinajstić information content (AvgIpc) is 3.01. The van der Waals surface area contributed by atoms with Crippen LogP contribution in [0.4, 0.5) is 10.5 Å². The molecule has 1 aromatic rings. The zero-order chi connectivity index (χ0) is 15.9. The van der Waals surface area contributed by atoms with Crippen molar-refractivity contribution in [2.75, 3.05) is 25.0 Å². The van der Waals surface area contributed by atoms with Gasteiger partial charge in [-0.25, -0.2) is 9.79 Å². The molecule has 0 bridgehead atoms. The van der Waals surface area contributed by atoms with Crippen LogP contribution in [0, 0.1) is 26.2 Å². The summed E-state index contributed by atoms with van der Waals surface area (Å²) in [5, 5.41) is 5.73. The predicted molar refractivity (Wildman–Crippen MR) is 90.0 cm³/mol. The summed E-state index contributed by atoms with van der Waals surface area (Å²) in [4.78, 5) is 18.6. The second-order valence-corrected chi connectivity index (χ2v) is 5.38. The zero-order valence-electron chi connectivity index (χ0n) is 13.1. The molecule has 0 saturated carbocycles. The third kappa shape index (κ3) is 4.01. The van der Waals surface area contributed by atoms with Crippen LogP contribution in [0.5, 0.6) is 0 Å². The summed E-state index contributed by atoms with van der Waals surface area (Å²) in [6.45, 7) is 5.99. The Morgan fingerprint density at radius 2 is 1.95 bits per heavy atom. The van der Waals surface area contributed by atoms with Gasteiger partial charge in [-0.1, -0.05) is 24.1 Å². The number of nitrogens with one attached hydrogen (secondary N) is 2. The van der Waals surface area contributed by atoms with E-state index in [1.807, 2.05) is 32.0 Å². The van der Waals surface area contributed by atoms with E-state index in [1.165, 1.54) is 0 Å². The molecule has 0 spiro atoms. The van der Waals surface area contributed by atoms with Gasteiger partial charge in [-0.05, 0) is 37.8 Å². The molecular formula is C17H22N4O. The third-order valence-corrected chi connectivity index (χ3v) is 3.67. The first-order valence-electron chi connectivity index (χ1n) is 7.49. The van der Waals surface area contributed by atoms with E-state index in [1.54, 1.807) is 0 Å². The van der Waals surface area contributed by atoms with Gasteiger partial charge in [-0.15, -0.1) is 6.42 Å². The number of nitrogens with zero attached hydrogens (tertiary/aromatic N) is 2. The Balaban J connectivity index is 2.06. The largest absolute Gasteiger partial charge is 0.343 e. The molecular weight excluding hydrogens is 276 g/mol. The highest BCUT2D eigenvalue weighted by Crippen LogP contribution is 2.19. The lowest BCUT2D eigenvalue weighted by Gasteiger charge is -2.21. The lowest BCUT2D eigenvalue weighted by atomic mass is 10.1. The van der Waals surface area contributed by atoms with Crippen molar-refractivity contribution >= 4 is 17.7 Å². The number of urea groups is 1. The van der Waals surface area contributed by atoms with E-state index in [4.69, 9.17) is 6.42 Å². The first-order chi connectivity index (χ1) is 10.6. The molecule has 0 unspecified atom stereocenters. The lowest BCUT2D eigenvalue weighted by Crippen LogP contribution is -2.44. The fraction of sp³-hybridized carbons (Fsp3) is 0.412. The van der Waals surface area contributed by atoms with Gasteiger partial charge in [-0.3, -0.25) is 5.32 Å². The number of aryl methyl sites for hydroxylation is 2. The molecule has 1 aliphatic heterocycles. The summed E-state index contributed by atoms with van der Waals surface area (Å²) in [7, 11) is 0. The Kier molecular flexibility index (Phi) is 5.42. The molecule has 1 aromatic carbocycles. The Bertz CT molecular complexity index is 589. The van der Waals surface area contributed by atoms with Crippen molar-refractivity contribution in [1.29, 1.82) is 0 Å². The summed E-state index contributed by atoms with van der Waals surface area (Å²) in [6, 6.07) is 5.62. The topological polar surface area (TPSA) is 56.7 Å². The number of guanidine groups is 1. The Labute approximate surface area is 131 Å². The molecule has 5 heteroatoms. The molecule has 1 fully saturated rings. The molecule has 2 amide bonds. The van der Waals surface area contributed by atoms with Gasteiger partial charge in [0.15, 0.2) is 0 Å². The Hall–Kier alpha value is -2.48. The molecule has 116 valence electrons. The number of terminal acetylenes is 1. The van der Waals surface area contributed by atoms with Gasteiger partial charge in [0.2, 0.25) is 5.96 Å². The fourth-order valence-electron chi connectivity index (χ4n) is 2.53. The van der Waals surface area contributed by atoms with Crippen molar-refractivity contribution in [3.8, 4) is 12.3 Å². The molecule has 2 N–H and O–H groups in total. The number of amides is 2. The van der Waals surface area contributed by atoms with Crippen LogP contribution in [-0.4, -0.2) is 36.5 Å². The first kappa shape index (κ1) is 15.9. The maximum absolute atomic E-state index is 12.3. The normalized spacial score (nSPS) is 14.6. The van der Waals surface area contributed by atoms with Crippen molar-refractivity contribution in [1.82, 2.24) is 10.2 Å².